The molecule has 1 aromatic carbocycles. The number of esters is 1. The van der Waals surface area contributed by atoms with Crippen LogP contribution in [0.4, 0.5) is 0 Å². The number of hydrogen-bond donors (Lipinski definition) is 1. The predicted octanol–water partition coefficient (Wildman–Crippen LogP) is 0.465. The molecule has 0 aromatic heterocycles. The van der Waals surface area contributed by atoms with E-state index in [9.17, 15) is 4.79 Å². The first-order valence-electron chi connectivity index (χ1n) is 4.11. The van der Waals surface area contributed by atoms with E-state index in [-0.39, 0.29) is 11.5 Å². The fourth-order valence-electron chi connectivity index (χ4n) is 0.976. The lowest BCUT2D eigenvalue weighted by Gasteiger charge is -2.07. The number of ether oxygens (including phenoxy) is 2. The van der Waals surface area contributed by atoms with Gasteiger partial charge in [0.05, 0.1) is 18.7 Å². The summed E-state index contributed by atoms with van der Waals surface area (Å²) in [4.78, 5) is 10.8. The molecule has 1 N–H and O–H groups in total. The van der Waals surface area contributed by atoms with Crippen LogP contribution in [-0.2, 0) is 4.79 Å². The normalized spacial score (nSPS) is 9.13. The van der Waals surface area contributed by atoms with Crippen molar-refractivity contribution >= 4 is 5.97 Å². The van der Waals surface area contributed by atoms with Gasteiger partial charge in [-0.25, -0.2) is 4.79 Å². The third kappa shape index (κ3) is 2.69. The smallest absolute Gasteiger partial charge is 0.337 e. The lowest BCUT2D eigenvalue weighted by Crippen LogP contribution is -2.12. The van der Waals surface area contributed by atoms with Gasteiger partial charge in [0, 0.05) is 6.07 Å². The van der Waals surface area contributed by atoms with Crippen molar-refractivity contribution in [3.63, 3.8) is 0 Å². The van der Waals surface area contributed by atoms with Crippen molar-refractivity contribution in [2.24, 2.45) is 0 Å². The molecule has 0 amide bonds. The number of aliphatic hydroxyl groups excluding tert-OH is 1. The maximum absolute atomic E-state index is 10.8. The number of hydrogen-bond acceptors (Lipinski definition) is 5. The van der Waals surface area contributed by atoms with E-state index in [1.54, 1.807) is 0 Å². The largest absolute Gasteiger partial charge is 0.493 e. The zero-order chi connectivity index (χ0) is 11.3. The Kier molecular flexibility index (Phi) is 3.66. The molecular formula is C10H9NO4. The van der Waals surface area contributed by atoms with Crippen molar-refractivity contribution in [2.45, 2.75) is 0 Å². The molecule has 1 aromatic rings. The molecule has 0 unspecified atom stereocenters. The topological polar surface area (TPSA) is 79.5 Å². The van der Waals surface area contributed by atoms with E-state index in [1.807, 2.05) is 6.07 Å². The molecule has 5 heteroatoms. The van der Waals surface area contributed by atoms with Gasteiger partial charge in [0.25, 0.3) is 0 Å². The molecule has 0 saturated carbocycles. The summed E-state index contributed by atoms with van der Waals surface area (Å²) in [7, 11) is 1.40. The van der Waals surface area contributed by atoms with Gasteiger partial charge in [-0.3, -0.25) is 0 Å². The van der Waals surface area contributed by atoms with Crippen LogP contribution in [0, 0.1) is 11.3 Å². The summed E-state index contributed by atoms with van der Waals surface area (Å²) in [5.41, 5.74) is 0.399. The molecule has 0 aliphatic rings. The van der Waals surface area contributed by atoms with E-state index < -0.39 is 12.6 Å². The Labute approximate surface area is 86.5 Å². The second kappa shape index (κ2) is 4.98. The van der Waals surface area contributed by atoms with Crippen molar-refractivity contribution in [1.82, 2.24) is 0 Å². The van der Waals surface area contributed by atoms with Gasteiger partial charge in [-0.1, -0.05) is 0 Å². The standard InChI is InChI=1S/C10H9NO4/c1-14-9-4-7(5-11)2-3-8(9)15-10(13)6-12/h2-4,12H,6H2,1H3. The maximum Gasteiger partial charge on any atom is 0.337 e. The van der Waals surface area contributed by atoms with Crippen molar-refractivity contribution in [3.8, 4) is 17.6 Å². The minimum atomic E-state index is -0.780. The summed E-state index contributed by atoms with van der Waals surface area (Å²) in [5, 5.41) is 17.1. The molecule has 78 valence electrons. The average molecular weight is 207 g/mol. The second-order valence-electron chi connectivity index (χ2n) is 2.61. The molecule has 1 rings (SSSR count). The summed E-state index contributed by atoms with van der Waals surface area (Å²) >= 11 is 0. The SMILES string of the molecule is COc1cc(C#N)ccc1OC(=O)CO. The zero-order valence-electron chi connectivity index (χ0n) is 8.06. The van der Waals surface area contributed by atoms with Gasteiger partial charge in [-0.2, -0.15) is 5.26 Å². The van der Waals surface area contributed by atoms with E-state index in [4.69, 9.17) is 19.8 Å². The van der Waals surface area contributed by atoms with Crippen LogP contribution in [0.3, 0.4) is 0 Å². The van der Waals surface area contributed by atoms with Crippen LogP contribution in [0.1, 0.15) is 5.56 Å². The van der Waals surface area contributed by atoms with Gasteiger partial charge in [0.1, 0.15) is 6.61 Å². The Hall–Kier alpha value is -2.06. The van der Waals surface area contributed by atoms with Crippen LogP contribution >= 0.6 is 0 Å². The highest BCUT2D eigenvalue weighted by molar-refractivity contribution is 5.74. The number of aliphatic hydroxyl groups is 1. The number of carbonyl (C=O) groups is 1. The van der Waals surface area contributed by atoms with Gasteiger partial charge >= 0.3 is 5.97 Å². The van der Waals surface area contributed by atoms with Crippen molar-refractivity contribution < 1.29 is 19.4 Å². The molecule has 0 aliphatic heterocycles. The highest BCUT2D eigenvalue weighted by Gasteiger charge is 2.09. The van der Waals surface area contributed by atoms with Gasteiger partial charge in [0.15, 0.2) is 11.5 Å². The Balaban J connectivity index is 2.98. The molecule has 0 atom stereocenters. The van der Waals surface area contributed by atoms with E-state index >= 15 is 0 Å². The van der Waals surface area contributed by atoms with E-state index in [2.05, 4.69) is 0 Å². The summed E-state index contributed by atoms with van der Waals surface area (Å²) in [6, 6.07) is 6.29. The van der Waals surface area contributed by atoms with Crippen LogP contribution in [0.25, 0.3) is 0 Å². The fourth-order valence-corrected chi connectivity index (χ4v) is 0.976. The van der Waals surface area contributed by atoms with Gasteiger partial charge < -0.3 is 14.6 Å². The third-order valence-corrected chi connectivity index (χ3v) is 1.65. The summed E-state index contributed by atoms with van der Waals surface area (Å²) in [6.07, 6.45) is 0. The Bertz CT molecular complexity index is 408. The van der Waals surface area contributed by atoms with Crippen LogP contribution in [0.15, 0.2) is 18.2 Å². The molecule has 5 nitrogen and oxygen atoms in total. The van der Waals surface area contributed by atoms with Crippen molar-refractivity contribution in [1.29, 1.82) is 5.26 Å². The summed E-state index contributed by atoms with van der Waals surface area (Å²) in [6.45, 7) is -0.705. The molecule has 0 radical (unpaired) electrons. The number of nitrogens with zero attached hydrogens (tertiary/aromatic N) is 1. The number of nitriles is 1. The highest BCUT2D eigenvalue weighted by atomic mass is 16.6. The first-order valence-corrected chi connectivity index (χ1v) is 4.11. The molecular weight excluding hydrogens is 198 g/mol. The molecule has 0 saturated heterocycles. The average Bonchev–Trinajstić information content (AvgIpc) is 2.29. The Morgan fingerprint density at radius 3 is 2.80 bits per heavy atom. The minimum absolute atomic E-state index is 0.176. The minimum Gasteiger partial charge on any atom is -0.493 e. The number of methoxy groups -OCH3 is 1. The van der Waals surface area contributed by atoms with Crippen molar-refractivity contribution in [2.75, 3.05) is 13.7 Å². The number of carbonyl (C=O) groups excluding carboxylic acids is 1. The van der Waals surface area contributed by atoms with E-state index in [1.165, 1.54) is 25.3 Å². The number of rotatable bonds is 3. The maximum atomic E-state index is 10.8. The third-order valence-electron chi connectivity index (χ3n) is 1.65. The molecule has 15 heavy (non-hydrogen) atoms. The van der Waals surface area contributed by atoms with Crippen molar-refractivity contribution in [3.05, 3.63) is 23.8 Å². The molecule has 0 bridgehead atoms. The van der Waals surface area contributed by atoms with E-state index in [0.29, 0.717) is 5.56 Å². The lowest BCUT2D eigenvalue weighted by atomic mass is 10.2. The summed E-state index contributed by atoms with van der Waals surface area (Å²) < 4.78 is 9.68. The summed E-state index contributed by atoms with van der Waals surface area (Å²) in [5.74, 6) is -0.329. The lowest BCUT2D eigenvalue weighted by molar-refractivity contribution is -0.137. The first-order chi connectivity index (χ1) is 7.21. The predicted molar refractivity (Wildman–Crippen MR) is 50.4 cm³/mol. The molecule has 0 heterocycles. The Morgan fingerprint density at radius 1 is 1.53 bits per heavy atom. The second-order valence-corrected chi connectivity index (χ2v) is 2.61. The molecule has 0 spiro atoms. The van der Waals surface area contributed by atoms with Crippen LogP contribution in [-0.4, -0.2) is 24.8 Å². The van der Waals surface area contributed by atoms with Gasteiger partial charge in [0.2, 0.25) is 0 Å². The number of benzene rings is 1. The highest BCUT2D eigenvalue weighted by Crippen LogP contribution is 2.27. The van der Waals surface area contributed by atoms with Crippen LogP contribution < -0.4 is 9.47 Å². The van der Waals surface area contributed by atoms with Gasteiger partial charge in [-0.15, -0.1) is 0 Å². The van der Waals surface area contributed by atoms with Gasteiger partial charge in [-0.05, 0) is 12.1 Å². The van der Waals surface area contributed by atoms with Crippen LogP contribution in [0.5, 0.6) is 11.5 Å². The molecule has 0 aliphatic carbocycles. The van der Waals surface area contributed by atoms with Crippen LogP contribution in [0.2, 0.25) is 0 Å². The zero-order valence-corrected chi connectivity index (χ0v) is 8.06. The molecule has 0 fully saturated rings. The fraction of sp³-hybridized carbons (Fsp3) is 0.200. The monoisotopic (exact) mass is 207 g/mol. The van der Waals surface area contributed by atoms with E-state index in [0.717, 1.165) is 0 Å². The first kappa shape index (κ1) is 11.0. The Morgan fingerprint density at radius 2 is 2.27 bits per heavy atom. The quantitative estimate of drug-likeness (QED) is 0.575.